The first-order valence-electron chi connectivity index (χ1n) is 7.40. The number of amides is 1. The van der Waals surface area contributed by atoms with Crippen LogP contribution in [-0.4, -0.2) is 31.8 Å². The van der Waals surface area contributed by atoms with E-state index in [4.69, 9.17) is 4.74 Å². The maximum atomic E-state index is 12.6. The maximum Gasteiger partial charge on any atom is 0.416 e. The third kappa shape index (κ3) is 3.35. The van der Waals surface area contributed by atoms with Crippen molar-refractivity contribution in [3.05, 3.63) is 29.8 Å². The Kier molecular flexibility index (Phi) is 3.99. The molecule has 4 rings (SSSR count). The molecule has 3 fully saturated rings. The Balaban J connectivity index is 1.60. The summed E-state index contributed by atoms with van der Waals surface area (Å²) in [6.45, 7) is 3.01. The van der Waals surface area contributed by atoms with Gasteiger partial charge in [-0.2, -0.15) is 13.2 Å². The predicted octanol–water partition coefficient (Wildman–Crippen LogP) is 1.93. The Labute approximate surface area is 126 Å². The zero-order valence-corrected chi connectivity index (χ0v) is 12.0. The van der Waals surface area contributed by atoms with Crippen LogP contribution in [-0.2, 0) is 10.9 Å². The summed E-state index contributed by atoms with van der Waals surface area (Å²) < 4.78 is 43.3. The second-order valence-electron chi connectivity index (χ2n) is 5.94. The van der Waals surface area contributed by atoms with Crippen LogP contribution in [0.25, 0.3) is 0 Å². The largest absolute Gasteiger partial charge is 0.440 e. The number of anilines is 1. The van der Waals surface area contributed by atoms with Crippen LogP contribution in [0.2, 0.25) is 0 Å². The number of piperidine rings is 3. The van der Waals surface area contributed by atoms with Gasteiger partial charge in [0, 0.05) is 24.4 Å². The van der Waals surface area contributed by atoms with E-state index in [2.05, 4.69) is 5.32 Å². The first-order valence-corrected chi connectivity index (χ1v) is 7.40. The van der Waals surface area contributed by atoms with Crippen LogP contribution in [0.5, 0.6) is 0 Å². The van der Waals surface area contributed by atoms with E-state index in [1.165, 1.54) is 17.0 Å². The molecule has 1 aromatic rings. The predicted molar refractivity (Wildman–Crippen MR) is 73.6 cm³/mol. The van der Waals surface area contributed by atoms with Gasteiger partial charge in [-0.1, -0.05) is 6.07 Å². The molecule has 0 aliphatic carbocycles. The number of fused-ring (bicyclic) bond motifs is 3. The third-order valence-electron chi connectivity index (χ3n) is 4.45. The average molecular weight is 315 g/mol. The lowest BCUT2D eigenvalue weighted by molar-refractivity contribution is -0.920. The summed E-state index contributed by atoms with van der Waals surface area (Å²) in [5.41, 5.74) is -0.703. The summed E-state index contributed by atoms with van der Waals surface area (Å²) in [5.74, 6) is 0.379. The molecule has 1 atom stereocenters. The van der Waals surface area contributed by atoms with E-state index in [-0.39, 0.29) is 11.8 Å². The number of rotatable bonds is 2. The molecule has 0 saturated carbocycles. The number of hydrogen-bond donors (Lipinski definition) is 2. The van der Waals surface area contributed by atoms with Gasteiger partial charge in [-0.3, -0.25) is 5.32 Å². The van der Waals surface area contributed by atoms with E-state index in [1.807, 2.05) is 0 Å². The second-order valence-corrected chi connectivity index (χ2v) is 5.94. The quantitative estimate of drug-likeness (QED) is 0.876. The fourth-order valence-electron chi connectivity index (χ4n) is 3.27. The summed E-state index contributed by atoms with van der Waals surface area (Å²) in [6, 6.07) is 4.55. The Morgan fingerprint density at radius 3 is 2.59 bits per heavy atom. The fourth-order valence-corrected chi connectivity index (χ4v) is 3.27. The van der Waals surface area contributed by atoms with E-state index < -0.39 is 17.8 Å². The highest BCUT2D eigenvalue weighted by Gasteiger charge is 2.39. The van der Waals surface area contributed by atoms with Gasteiger partial charge < -0.3 is 9.64 Å². The smallest absolute Gasteiger partial charge is 0.416 e. The van der Waals surface area contributed by atoms with Crippen molar-refractivity contribution in [2.45, 2.75) is 25.1 Å². The molecule has 7 heteroatoms. The molecule has 0 unspecified atom stereocenters. The van der Waals surface area contributed by atoms with E-state index in [0.717, 1.165) is 44.6 Å². The molecule has 1 amide bonds. The summed E-state index contributed by atoms with van der Waals surface area (Å²) in [5, 5.41) is 2.39. The Morgan fingerprint density at radius 2 is 2.00 bits per heavy atom. The molecule has 4 nitrogen and oxygen atoms in total. The molecule has 3 heterocycles. The SMILES string of the molecule is O=C(Nc1cccc(C(F)(F)F)c1)O[C@@H]1C[NH+]2CCC1CC2. The van der Waals surface area contributed by atoms with Crippen molar-refractivity contribution < 1.29 is 27.6 Å². The Hall–Kier alpha value is -1.76. The number of quaternary nitrogens is 1. The van der Waals surface area contributed by atoms with E-state index in [0.29, 0.717) is 5.92 Å². The van der Waals surface area contributed by atoms with Crippen LogP contribution in [0, 0.1) is 5.92 Å². The number of carbonyl (C=O) groups excluding carboxylic acids is 1. The minimum atomic E-state index is -4.43. The first-order chi connectivity index (χ1) is 10.4. The van der Waals surface area contributed by atoms with Gasteiger partial charge in [0.05, 0.1) is 18.7 Å². The van der Waals surface area contributed by atoms with Crippen molar-refractivity contribution in [3.8, 4) is 0 Å². The molecule has 0 aromatic heterocycles. The lowest BCUT2D eigenvalue weighted by Crippen LogP contribution is -3.16. The Morgan fingerprint density at radius 1 is 1.27 bits per heavy atom. The molecule has 2 bridgehead atoms. The Bertz CT molecular complexity index is 554. The zero-order valence-electron chi connectivity index (χ0n) is 12.0. The number of nitrogens with one attached hydrogen (secondary N) is 2. The van der Waals surface area contributed by atoms with E-state index in [9.17, 15) is 18.0 Å². The van der Waals surface area contributed by atoms with E-state index >= 15 is 0 Å². The average Bonchev–Trinajstić information content (AvgIpc) is 2.47. The van der Waals surface area contributed by atoms with Gasteiger partial charge in [0.2, 0.25) is 0 Å². The van der Waals surface area contributed by atoms with Crippen molar-refractivity contribution in [1.29, 1.82) is 0 Å². The molecule has 120 valence electrons. The number of benzene rings is 1. The van der Waals surface area contributed by atoms with Crippen molar-refractivity contribution in [2.75, 3.05) is 25.0 Å². The number of halogens is 3. The van der Waals surface area contributed by atoms with Crippen LogP contribution in [0.1, 0.15) is 18.4 Å². The standard InChI is InChI=1S/C15H17F3N2O2/c16-15(17,18)11-2-1-3-12(8-11)19-14(21)22-13-9-20-6-4-10(13)5-7-20/h1-3,8,10,13H,4-7,9H2,(H,19,21)/p+1/t13-/m1/s1. The monoisotopic (exact) mass is 315 g/mol. The van der Waals surface area contributed by atoms with Gasteiger partial charge in [0.15, 0.2) is 6.10 Å². The highest BCUT2D eigenvalue weighted by molar-refractivity contribution is 5.84. The van der Waals surface area contributed by atoms with Gasteiger partial charge in [-0.15, -0.1) is 0 Å². The molecule has 22 heavy (non-hydrogen) atoms. The van der Waals surface area contributed by atoms with Gasteiger partial charge in [0.25, 0.3) is 0 Å². The summed E-state index contributed by atoms with van der Waals surface area (Å²) >= 11 is 0. The maximum absolute atomic E-state index is 12.6. The van der Waals surface area contributed by atoms with Crippen molar-refractivity contribution in [2.24, 2.45) is 5.92 Å². The zero-order chi connectivity index (χ0) is 15.7. The number of carbonyl (C=O) groups is 1. The first kappa shape index (κ1) is 15.1. The molecular formula is C15H18F3N2O2+. The molecular weight excluding hydrogens is 297 g/mol. The fraction of sp³-hybridized carbons (Fsp3) is 0.533. The summed E-state index contributed by atoms with van der Waals surface area (Å²) in [6.07, 6.45) is -3.17. The molecule has 0 radical (unpaired) electrons. The lowest BCUT2D eigenvalue weighted by atomic mass is 9.86. The normalized spacial score (nSPS) is 27.5. The van der Waals surface area contributed by atoms with Crippen LogP contribution in [0.3, 0.4) is 0 Å². The van der Waals surface area contributed by atoms with Crippen molar-refractivity contribution in [1.82, 2.24) is 0 Å². The molecule has 3 saturated heterocycles. The topological polar surface area (TPSA) is 42.8 Å². The van der Waals surface area contributed by atoms with Crippen molar-refractivity contribution >= 4 is 11.8 Å². The summed E-state index contributed by atoms with van der Waals surface area (Å²) in [7, 11) is 0. The van der Waals surface area contributed by atoms with Crippen LogP contribution in [0.4, 0.5) is 23.7 Å². The van der Waals surface area contributed by atoms with Gasteiger partial charge >= 0.3 is 12.3 Å². The van der Waals surface area contributed by atoms with Crippen LogP contribution < -0.4 is 10.2 Å². The van der Waals surface area contributed by atoms with Gasteiger partial charge in [-0.05, 0) is 18.2 Å². The lowest BCUT2D eigenvalue weighted by Gasteiger charge is -2.40. The minimum absolute atomic E-state index is 0.0912. The van der Waals surface area contributed by atoms with Gasteiger partial charge in [-0.25, -0.2) is 4.79 Å². The van der Waals surface area contributed by atoms with Gasteiger partial charge in [0.1, 0.15) is 6.54 Å². The van der Waals surface area contributed by atoms with E-state index in [1.54, 1.807) is 0 Å². The highest BCUT2D eigenvalue weighted by Crippen LogP contribution is 2.30. The molecule has 3 aliphatic rings. The number of hydrogen-bond acceptors (Lipinski definition) is 2. The molecule has 0 spiro atoms. The van der Waals surface area contributed by atoms with Crippen molar-refractivity contribution in [3.63, 3.8) is 0 Å². The van der Waals surface area contributed by atoms with Crippen LogP contribution >= 0.6 is 0 Å². The minimum Gasteiger partial charge on any atom is -0.440 e. The third-order valence-corrected chi connectivity index (χ3v) is 4.45. The summed E-state index contributed by atoms with van der Waals surface area (Å²) in [4.78, 5) is 13.3. The molecule has 3 aliphatic heterocycles. The number of alkyl halides is 3. The number of ether oxygens (including phenoxy) is 1. The second kappa shape index (κ2) is 5.79. The molecule has 2 N–H and O–H groups in total. The molecule has 1 aromatic carbocycles. The van der Waals surface area contributed by atoms with Crippen LogP contribution in [0.15, 0.2) is 24.3 Å². The highest BCUT2D eigenvalue weighted by atomic mass is 19.4.